The molecule has 0 radical (unpaired) electrons. The Balaban J connectivity index is 2.08. The zero-order valence-electron chi connectivity index (χ0n) is 12.0. The second-order valence-corrected chi connectivity index (χ2v) is 4.80. The molecule has 0 aliphatic rings. The van der Waals surface area contributed by atoms with Crippen molar-refractivity contribution in [3.8, 4) is 0 Å². The average molecular weight is 314 g/mol. The molecule has 0 aliphatic heterocycles. The number of nitrogens with one attached hydrogen (secondary N) is 1. The molecule has 1 aromatic carbocycles. The summed E-state index contributed by atoms with van der Waals surface area (Å²) in [7, 11) is 0. The van der Waals surface area contributed by atoms with Gasteiger partial charge in [0.1, 0.15) is 6.04 Å². The number of nitro benzene ring substituents is 1. The topological polar surface area (TPSA) is 128 Å². The van der Waals surface area contributed by atoms with Crippen LogP contribution in [0, 0.1) is 10.1 Å². The Labute approximate surface area is 131 Å². The lowest BCUT2D eigenvalue weighted by atomic mass is 10.0. The molecule has 0 unspecified atom stereocenters. The van der Waals surface area contributed by atoms with Crippen LogP contribution in [0.1, 0.15) is 15.9 Å². The van der Waals surface area contributed by atoms with E-state index in [9.17, 15) is 19.7 Å². The smallest absolute Gasteiger partial charge is 0.269 e. The maximum Gasteiger partial charge on any atom is 0.269 e. The van der Waals surface area contributed by atoms with Gasteiger partial charge in [-0.3, -0.25) is 24.7 Å². The van der Waals surface area contributed by atoms with E-state index in [0.717, 1.165) is 0 Å². The van der Waals surface area contributed by atoms with E-state index in [1.807, 2.05) is 0 Å². The molecule has 0 saturated carbocycles. The van der Waals surface area contributed by atoms with Gasteiger partial charge in [0, 0.05) is 30.9 Å². The molecule has 0 aliphatic carbocycles. The third-order valence-electron chi connectivity index (χ3n) is 3.16. The molecule has 0 spiro atoms. The van der Waals surface area contributed by atoms with Crippen LogP contribution >= 0.6 is 0 Å². The highest BCUT2D eigenvalue weighted by Gasteiger charge is 2.20. The fourth-order valence-electron chi connectivity index (χ4n) is 1.95. The van der Waals surface area contributed by atoms with E-state index in [2.05, 4.69) is 10.3 Å². The zero-order valence-corrected chi connectivity index (χ0v) is 12.0. The molecule has 8 heteroatoms. The Morgan fingerprint density at radius 2 is 1.96 bits per heavy atom. The van der Waals surface area contributed by atoms with Gasteiger partial charge in [0.2, 0.25) is 5.91 Å². The molecule has 0 bridgehead atoms. The van der Waals surface area contributed by atoms with E-state index >= 15 is 0 Å². The molecule has 0 saturated heterocycles. The van der Waals surface area contributed by atoms with Crippen molar-refractivity contribution in [2.24, 2.45) is 5.73 Å². The predicted molar refractivity (Wildman–Crippen MR) is 81.5 cm³/mol. The highest BCUT2D eigenvalue weighted by molar-refractivity contribution is 5.97. The van der Waals surface area contributed by atoms with E-state index in [1.165, 1.54) is 36.7 Å². The quantitative estimate of drug-likeness (QED) is 0.602. The van der Waals surface area contributed by atoms with Crippen molar-refractivity contribution in [1.29, 1.82) is 0 Å². The molecule has 2 amide bonds. The number of aromatic nitrogens is 1. The summed E-state index contributed by atoms with van der Waals surface area (Å²) in [4.78, 5) is 37.5. The summed E-state index contributed by atoms with van der Waals surface area (Å²) in [6.07, 6.45) is 3.04. The van der Waals surface area contributed by atoms with Crippen LogP contribution in [-0.2, 0) is 11.2 Å². The van der Waals surface area contributed by atoms with Crippen LogP contribution in [0.5, 0.6) is 0 Å². The number of nitro groups is 1. The molecule has 1 atom stereocenters. The van der Waals surface area contributed by atoms with Gasteiger partial charge in [-0.25, -0.2) is 0 Å². The van der Waals surface area contributed by atoms with Gasteiger partial charge in [-0.2, -0.15) is 0 Å². The van der Waals surface area contributed by atoms with Gasteiger partial charge < -0.3 is 11.1 Å². The lowest BCUT2D eigenvalue weighted by Gasteiger charge is -2.15. The summed E-state index contributed by atoms with van der Waals surface area (Å²) >= 11 is 0. The van der Waals surface area contributed by atoms with Gasteiger partial charge in [0.05, 0.1) is 10.5 Å². The minimum atomic E-state index is -0.927. The van der Waals surface area contributed by atoms with Gasteiger partial charge in [-0.05, 0) is 17.7 Å². The number of nitrogens with zero attached hydrogens (tertiary/aromatic N) is 2. The van der Waals surface area contributed by atoms with Gasteiger partial charge in [0.15, 0.2) is 0 Å². The molecule has 2 aromatic rings. The number of non-ortho nitro benzene ring substituents is 1. The monoisotopic (exact) mass is 314 g/mol. The second-order valence-electron chi connectivity index (χ2n) is 4.80. The molecular weight excluding hydrogens is 300 g/mol. The molecule has 1 aromatic heterocycles. The highest BCUT2D eigenvalue weighted by atomic mass is 16.6. The SMILES string of the molecule is NC(=O)[C@@H](Cc1ccc([N+](=O)[O-])cc1)NC(=O)c1cccnc1. The number of pyridine rings is 1. The number of hydrogen-bond donors (Lipinski definition) is 2. The Morgan fingerprint density at radius 3 is 2.48 bits per heavy atom. The number of hydrogen-bond acceptors (Lipinski definition) is 5. The first-order chi connectivity index (χ1) is 11.0. The summed E-state index contributed by atoms with van der Waals surface area (Å²) < 4.78 is 0. The molecule has 0 fully saturated rings. The van der Waals surface area contributed by atoms with E-state index in [0.29, 0.717) is 11.1 Å². The first-order valence-corrected chi connectivity index (χ1v) is 6.71. The summed E-state index contributed by atoms with van der Waals surface area (Å²) in [5, 5.41) is 13.1. The summed E-state index contributed by atoms with van der Waals surface area (Å²) in [5.74, 6) is -1.16. The van der Waals surface area contributed by atoms with Crippen LogP contribution in [-0.4, -0.2) is 27.8 Å². The minimum absolute atomic E-state index is 0.0521. The van der Waals surface area contributed by atoms with E-state index in [1.54, 1.807) is 12.1 Å². The van der Waals surface area contributed by atoms with Crippen molar-refractivity contribution in [3.63, 3.8) is 0 Å². The Bertz CT molecular complexity index is 716. The molecule has 23 heavy (non-hydrogen) atoms. The molecule has 8 nitrogen and oxygen atoms in total. The number of rotatable bonds is 6. The fraction of sp³-hybridized carbons (Fsp3) is 0.133. The fourth-order valence-corrected chi connectivity index (χ4v) is 1.95. The molecular formula is C15H14N4O4. The predicted octanol–water partition coefficient (Wildman–Crippen LogP) is 0.816. The van der Waals surface area contributed by atoms with E-state index in [4.69, 9.17) is 5.73 Å². The molecule has 3 N–H and O–H groups in total. The number of nitrogens with two attached hydrogens (primary N) is 1. The summed E-state index contributed by atoms with van der Waals surface area (Å²) in [5.41, 5.74) is 6.21. The lowest BCUT2D eigenvalue weighted by Crippen LogP contribution is -2.45. The van der Waals surface area contributed by atoms with Gasteiger partial charge in [0.25, 0.3) is 11.6 Å². The number of carbonyl (C=O) groups is 2. The van der Waals surface area contributed by atoms with Crippen molar-refractivity contribution < 1.29 is 14.5 Å². The summed E-state index contributed by atoms with van der Waals surface area (Å²) in [6, 6.07) is 7.93. The Kier molecular flexibility index (Phi) is 4.98. The van der Waals surface area contributed by atoms with Crippen LogP contribution in [0.15, 0.2) is 48.8 Å². The molecule has 118 valence electrons. The number of primary amides is 1. The first-order valence-electron chi connectivity index (χ1n) is 6.71. The molecule has 2 rings (SSSR count). The summed E-state index contributed by atoms with van der Waals surface area (Å²) in [6.45, 7) is 0. The minimum Gasteiger partial charge on any atom is -0.368 e. The average Bonchev–Trinajstić information content (AvgIpc) is 2.55. The first kappa shape index (κ1) is 16.1. The van der Waals surface area contributed by atoms with Gasteiger partial charge in [-0.1, -0.05) is 12.1 Å². The van der Waals surface area contributed by atoms with Gasteiger partial charge >= 0.3 is 0 Å². The Morgan fingerprint density at radius 1 is 1.26 bits per heavy atom. The van der Waals surface area contributed by atoms with E-state index in [-0.39, 0.29) is 12.1 Å². The normalized spacial score (nSPS) is 11.5. The Hall–Kier alpha value is -3.29. The lowest BCUT2D eigenvalue weighted by molar-refractivity contribution is -0.384. The van der Waals surface area contributed by atoms with Crippen LogP contribution < -0.4 is 11.1 Å². The van der Waals surface area contributed by atoms with Crippen molar-refractivity contribution in [3.05, 3.63) is 70.0 Å². The maximum atomic E-state index is 12.0. The van der Waals surface area contributed by atoms with Crippen molar-refractivity contribution in [2.75, 3.05) is 0 Å². The standard InChI is InChI=1S/C15H14N4O4/c16-14(20)13(18-15(21)11-2-1-7-17-9-11)8-10-3-5-12(6-4-10)19(22)23/h1-7,9,13H,8H2,(H2,16,20)(H,18,21)/t13-/m1/s1. The van der Waals surface area contributed by atoms with Crippen LogP contribution in [0.4, 0.5) is 5.69 Å². The van der Waals surface area contributed by atoms with Crippen molar-refractivity contribution in [2.45, 2.75) is 12.5 Å². The number of amides is 2. The zero-order chi connectivity index (χ0) is 16.8. The van der Waals surface area contributed by atoms with E-state index < -0.39 is 22.8 Å². The third-order valence-corrected chi connectivity index (χ3v) is 3.16. The van der Waals surface area contributed by atoms with Crippen molar-refractivity contribution >= 4 is 17.5 Å². The highest BCUT2D eigenvalue weighted by Crippen LogP contribution is 2.13. The van der Waals surface area contributed by atoms with Gasteiger partial charge in [-0.15, -0.1) is 0 Å². The van der Waals surface area contributed by atoms with Crippen LogP contribution in [0.3, 0.4) is 0 Å². The second kappa shape index (κ2) is 7.12. The third kappa shape index (κ3) is 4.34. The molecule has 1 heterocycles. The number of benzene rings is 1. The largest absolute Gasteiger partial charge is 0.368 e. The van der Waals surface area contributed by atoms with Crippen molar-refractivity contribution in [1.82, 2.24) is 10.3 Å². The van der Waals surface area contributed by atoms with Crippen LogP contribution in [0.2, 0.25) is 0 Å². The number of carbonyl (C=O) groups excluding carboxylic acids is 2. The maximum absolute atomic E-state index is 12.0. The van der Waals surface area contributed by atoms with Crippen LogP contribution in [0.25, 0.3) is 0 Å².